The molecule has 2 aromatic carbocycles. The number of carbonyl (C=O) groups excluding carboxylic acids is 1. The number of methoxy groups -OCH3 is 1. The molecule has 3 rings (SSSR count). The molecule has 2 atom stereocenters. The van der Waals surface area contributed by atoms with E-state index in [1.54, 1.807) is 7.11 Å². The SMILES string of the molecule is CC[C@H](C)c1ccccc1NC(=O)[C@@H](C)Sc1nnc(-c2ccccc2OC)n1C. The maximum atomic E-state index is 12.9. The highest BCUT2D eigenvalue weighted by molar-refractivity contribution is 8.00. The fourth-order valence-electron chi connectivity index (χ4n) is 3.19. The van der Waals surface area contributed by atoms with Crippen LogP contribution in [-0.2, 0) is 11.8 Å². The van der Waals surface area contributed by atoms with E-state index in [1.807, 2.05) is 61.0 Å². The molecular formula is C23H28N4O2S. The van der Waals surface area contributed by atoms with Crippen LogP contribution in [0.5, 0.6) is 5.75 Å². The van der Waals surface area contributed by atoms with E-state index in [0.29, 0.717) is 16.9 Å². The summed E-state index contributed by atoms with van der Waals surface area (Å²) in [5, 5.41) is 12.0. The van der Waals surface area contributed by atoms with Crippen LogP contribution in [0.25, 0.3) is 11.4 Å². The number of hydrogen-bond donors (Lipinski definition) is 1. The zero-order valence-corrected chi connectivity index (χ0v) is 18.9. The fourth-order valence-corrected chi connectivity index (χ4v) is 4.00. The van der Waals surface area contributed by atoms with E-state index in [9.17, 15) is 4.79 Å². The van der Waals surface area contributed by atoms with Gasteiger partial charge in [-0.15, -0.1) is 10.2 Å². The van der Waals surface area contributed by atoms with E-state index < -0.39 is 0 Å². The summed E-state index contributed by atoms with van der Waals surface area (Å²) in [6, 6.07) is 15.7. The number of anilines is 1. The number of aromatic nitrogens is 3. The van der Waals surface area contributed by atoms with Gasteiger partial charge in [-0.25, -0.2) is 0 Å². The van der Waals surface area contributed by atoms with Gasteiger partial charge in [0.2, 0.25) is 5.91 Å². The third-order valence-corrected chi connectivity index (χ3v) is 6.33. The largest absolute Gasteiger partial charge is 0.496 e. The van der Waals surface area contributed by atoms with Crippen molar-refractivity contribution in [1.82, 2.24) is 14.8 Å². The topological polar surface area (TPSA) is 69.0 Å². The number of rotatable bonds is 8. The van der Waals surface area contributed by atoms with Gasteiger partial charge in [0, 0.05) is 12.7 Å². The van der Waals surface area contributed by atoms with E-state index in [0.717, 1.165) is 29.0 Å². The quantitative estimate of drug-likeness (QED) is 0.508. The van der Waals surface area contributed by atoms with Gasteiger partial charge in [0.05, 0.1) is 17.9 Å². The summed E-state index contributed by atoms with van der Waals surface area (Å²) in [7, 11) is 3.53. The number of carbonyl (C=O) groups is 1. The molecule has 0 saturated carbocycles. The second-order valence-corrected chi connectivity index (χ2v) is 8.52. The van der Waals surface area contributed by atoms with Gasteiger partial charge >= 0.3 is 0 Å². The Bertz CT molecular complexity index is 1020. The molecule has 0 aliphatic heterocycles. The van der Waals surface area contributed by atoms with Crippen molar-refractivity contribution in [3.63, 3.8) is 0 Å². The third kappa shape index (κ3) is 4.67. The predicted molar refractivity (Wildman–Crippen MR) is 122 cm³/mol. The number of benzene rings is 2. The van der Waals surface area contributed by atoms with Crippen molar-refractivity contribution in [2.24, 2.45) is 7.05 Å². The first-order chi connectivity index (χ1) is 14.5. The number of thioether (sulfide) groups is 1. The van der Waals surface area contributed by atoms with Gasteiger partial charge < -0.3 is 14.6 Å². The summed E-state index contributed by atoms with van der Waals surface area (Å²) >= 11 is 1.38. The van der Waals surface area contributed by atoms with E-state index in [4.69, 9.17) is 4.74 Å². The monoisotopic (exact) mass is 424 g/mol. The van der Waals surface area contributed by atoms with E-state index in [-0.39, 0.29) is 11.2 Å². The van der Waals surface area contributed by atoms with Gasteiger partial charge in [0.25, 0.3) is 0 Å². The van der Waals surface area contributed by atoms with Crippen LogP contribution in [0.15, 0.2) is 53.7 Å². The number of ether oxygens (including phenoxy) is 1. The van der Waals surface area contributed by atoms with Crippen LogP contribution in [0.4, 0.5) is 5.69 Å². The predicted octanol–water partition coefficient (Wildman–Crippen LogP) is 5.12. The molecule has 1 N–H and O–H groups in total. The first kappa shape index (κ1) is 21.9. The van der Waals surface area contributed by atoms with Crippen molar-refractivity contribution in [1.29, 1.82) is 0 Å². The molecular weight excluding hydrogens is 396 g/mol. The lowest BCUT2D eigenvalue weighted by Crippen LogP contribution is -2.23. The Labute approximate surface area is 182 Å². The number of amides is 1. The minimum absolute atomic E-state index is 0.0578. The maximum Gasteiger partial charge on any atom is 0.237 e. The molecule has 0 aliphatic carbocycles. The normalized spacial score (nSPS) is 13.0. The first-order valence-electron chi connectivity index (χ1n) is 10.1. The van der Waals surface area contributed by atoms with Crippen LogP contribution >= 0.6 is 11.8 Å². The molecule has 0 fully saturated rings. The molecule has 3 aromatic rings. The van der Waals surface area contributed by atoms with Gasteiger partial charge in [0.1, 0.15) is 5.75 Å². The summed E-state index contributed by atoms with van der Waals surface area (Å²) in [5.74, 6) is 1.76. The van der Waals surface area contributed by atoms with Gasteiger partial charge in [-0.3, -0.25) is 4.79 Å². The van der Waals surface area contributed by atoms with Crippen molar-refractivity contribution in [2.45, 2.75) is 43.5 Å². The van der Waals surface area contributed by atoms with E-state index >= 15 is 0 Å². The Balaban J connectivity index is 1.75. The van der Waals surface area contributed by atoms with Crippen LogP contribution < -0.4 is 10.1 Å². The smallest absolute Gasteiger partial charge is 0.237 e. The highest BCUT2D eigenvalue weighted by Crippen LogP contribution is 2.32. The Morgan fingerprint density at radius 3 is 2.57 bits per heavy atom. The van der Waals surface area contributed by atoms with Crippen molar-refractivity contribution in [2.75, 3.05) is 12.4 Å². The average molecular weight is 425 g/mol. The minimum atomic E-state index is -0.330. The van der Waals surface area contributed by atoms with Gasteiger partial charge in [-0.1, -0.05) is 55.9 Å². The van der Waals surface area contributed by atoms with Crippen molar-refractivity contribution < 1.29 is 9.53 Å². The summed E-state index contributed by atoms with van der Waals surface area (Å²) in [4.78, 5) is 12.9. The van der Waals surface area contributed by atoms with Crippen LogP contribution in [0, 0.1) is 0 Å². The number of nitrogens with one attached hydrogen (secondary N) is 1. The number of nitrogens with zero attached hydrogens (tertiary/aromatic N) is 3. The molecule has 0 saturated heterocycles. The Morgan fingerprint density at radius 1 is 1.13 bits per heavy atom. The molecule has 0 bridgehead atoms. The molecule has 30 heavy (non-hydrogen) atoms. The summed E-state index contributed by atoms with van der Waals surface area (Å²) in [6.45, 7) is 6.19. The molecule has 0 aliphatic rings. The molecule has 7 heteroatoms. The molecule has 1 aromatic heterocycles. The zero-order chi connectivity index (χ0) is 21.7. The van der Waals surface area contributed by atoms with Crippen molar-refractivity contribution in [3.05, 3.63) is 54.1 Å². The molecule has 1 heterocycles. The fraction of sp³-hybridized carbons (Fsp3) is 0.348. The summed E-state index contributed by atoms with van der Waals surface area (Å²) < 4.78 is 7.33. The first-order valence-corrected chi connectivity index (χ1v) is 10.9. The van der Waals surface area contributed by atoms with Crippen molar-refractivity contribution >= 4 is 23.4 Å². The van der Waals surface area contributed by atoms with Crippen molar-refractivity contribution in [3.8, 4) is 17.1 Å². The summed E-state index contributed by atoms with van der Waals surface area (Å²) in [5.41, 5.74) is 2.89. The highest BCUT2D eigenvalue weighted by atomic mass is 32.2. The molecule has 158 valence electrons. The lowest BCUT2D eigenvalue weighted by Gasteiger charge is -2.17. The zero-order valence-electron chi connectivity index (χ0n) is 18.0. The van der Waals surface area contributed by atoms with Crippen LogP contribution in [0.1, 0.15) is 38.7 Å². The average Bonchev–Trinajstić information content (AvgIpc) is 3.13. The third-order valence-electron chi connectivity index (χ3n) is 5.20. The summed E-state index contributed by atoms with van der Waals surface area (Å²) in [6.07, 6.45) is 1.02. The van der Waals surface area contributed by atoms with Gasteiger partial charge in [-0.05, 0) is 43.0 Å². The second-order valence-electron chi connectivity index (χ2n) is 7.21. The Hall–Kier alpha value is -2.80. The molecule has 6 nitrogen and oxygen atoms in total. The molecule has 0 spiro atoms. The Kier molecular flexibility index (Phi) is 7.15. The van der Waals surface area contributed by atoms with Gasteiger partial charge in [-0.2, -0.15) is 0 Å². The Morgan fingerprint density at radius 2 is 1.83 bits per heavy atom. The minimum Gasteiger partial charge on any atom is -0.496 e. The van der Waals surface area contributed by atoms with E-state index in [2.05, 4.69) is 35.4 Å². The lowest BCUT2D eigenvalue weighted by molar-refractivity contribution is -0.115. The lowest BCUT2D eigenvalue weighted by atomic mass is 9.97. The molecule has 0 radical (unpaired) electrons. The second kappa shape index (κ2) is 9.80. The van der Waals surface area contributed by atoms with Crippen LogP contribution in [0.2, 0.25) is 0 Å². The van der Waals surface area contributed by atoms with Crippen LogP contribution in [-0.4, -0.2) is 33.0 Å². The standard InChI is InChI=1S/C23H28N4O2S/c1-6-15(2)17-11-7-9-13-19(17)24-22(28)16(3)30-23-26-25-21(27(23)4)18-12-8-10-14-20(18)29-5/h7-16H,6H2,1-5H3,(H,24,28)/t15-,16+/m0/s1. The molecule has 1 amide bonds. The number of hydrogen-bond acceptors (Lipinski definition) is 5. The van der Waals surface area contributed by atoms with E-state index in [1.165, 1.54) is 11.8 Å². The van der Waals surface area contributed by atoms with Gasteiger partial charge in [0.15, 0.2) is 11.0 Å². The molecule has 0 unspecified atom stereocenters. The maximum absolute atomic E-state index is 12.9. The number of para-hydroxylation sites is 2. The van der Waals surface area contributed by atoms with Crippen LogP contribution in [0.3, 0.4) is 0 Å². The highest BCUT2D eigenvalue weighted by Gasteiger charge is 2.21.